The highest BCUT2D eigenvalue weighted by atomic mass is 19.3. The van der Waals surface area contributed by atoms with E-state index >= 15 is 0 Å². The number of aromatic nitrogens is 1. The molecule has 0 radical (unpaired) electrons. The summed E-state index contributed by atoms with van der Waals surface area (Å²) in [5, 5.41) is 10.3. The molecule has 2 aliphatic heterocycles. The first-order chi connectivity index (χ1) is 11.4. The molecule has 5 nitrogen and oxygen atoms in total. The second-order valence-electron chi connectivity index (χ2n) is 6.70. The fourth-order valence-electron chi connectivity index (χ4n) is 4.47. The lowest BCUT2D eigenvalue weighted by atomic mass is 9.79. The highest BCUT2D eigenvalue weighted by molar-refractivity contribution is 6.06. The van der Waals surface area contributed by atoms with Crippen LogP contribution in [-0.2, 0) is 12.5 Å². The van der Waals surface area contributed by atoms with E-state index in [1.807, 2.05) is 11.6 Å². The smallest absolute Gasteiger partial charge is 0.387 e. The van der Waals surface area contributed by atoms with Crippen molar-refractivity contribution in [3.05, 3.63) is 29.5 Å². The lowest BCUT2D eigenvalue weighted by Crippen LogP contribution is -2.29. The molecule has 0 spiro atoms. The van der Waals surface area contributed by atoms with E-state index in [9.17, 15) is 18.7 Å². The second kappa shape index (κ2) is 5.17. The number of rotatable bonds is 4. The van der Waals surface area contributed by atoms with Crippen molar-refractivity contribution in [2.45, 2.75) is 24.9 Å². The van der Waals surface area contributed by atoms with Gasteiger partial charge in [-0.3, -0.25) is 0 Å². The molecule has 2 bridgehead atoms. The fraction of sp³-hybridized carbons (Fsp3) is 0.471. The molecule has 2 fully saturated rings. The Morgan fingerprint density at radius 3 is 2.58 bits per heavy atom. The van der Waals surface area contributed by atoms with Gasteiger partial charge in [0.05, 0.1) is 5.56 Å². The Balaban J connectivity index is 1.94. The molecule has 3 heterocycles. The maximum Gasteiger partial charge on any atom is 0.387 e. The van der Waals surface area contributed by atoms with Crippen molar-refractivity contribution >= 4 is 16.9 Å². The van der Waals surface area contributed by atoms with E-state index in [0.717, 1.165) is 43.7 Å². The van der Waals surface area contributed by atoms with Gasteiger partial charge in [-0.05, 0) is 44.1 Å². The molecule has 1 aromatic heterocycles. The number of aryl methyl sites for hydroxylation is 1. The summed E-state index contributed by atoms with van der Waals surface area (Å²) in [5.41, 5.74) is 1.59. The number of benzene rings is 1. The molecule has 2 aromatic rings. The van der Waals surface area contributed by atoms with Crippen molar-refractivity contribution in [1.29, 1.82) is 0 Å². The van der Waals surface area contributed by atoms with Crippen LogP contribution in [0.15, 0.2) is 18.2 Å². The number of aromatic carboxylic acids is 1. The van der Waals surface area contributed by atoms with Gasteiger partial charge < -0.3 is 19.3 Å². The molecule has 7 heteroatoms. The van der Waals surface area contributed by atoms with E-state index in [1.165, 1.54) is 12.1 Å². The molecular formula is C17H18F2N2O3. The van der Waals surface area contributed by atoms with E-state index < -0.39 is 12.6 Å². The first-order valence-electron chi connectivity index (χ1n) is 7.95. The predicted molar refractivity (Wildman–Crippen MR) is 83.9 cm³/mol. The van der Waals surface area contributed by atoms with Crippen molar-refractivity contribution in [2.75, 3.05) is 19.6 Å². The number of carbonyl (C=O) groups is 1. The van der Waals surface area contributed by atoms with Gasteiger partial charge >= 0.3 is 12.6 Å². The number of halogens is 2. The quantitative estimate of drug-likeness (QED) is 0.933. The summed E-state index contributed by atoms with van der Waals surface area (Å²) in [4.78, 5) is 14.3. The minimum Gasteiger partial charge on any atom is -0.478 e. The Kier molecular flexibility index (Phi) is 3.32. The Morgan fingerprint density at radius 2 is 2.04 bits per heavy atom. The lowest BCUT2D eigenvalue weighted by molar-refractivity contribution is -0.0497. The number of piperidine rings is 1. The zero-order chi connectivity index (χ0) is 17.1. The number of nitrogens with zero attached hydrogens (tertiary/aromatic N) is 2. The summed E-state index contributed by atoms with van der Waals surface area (Å²) in [6, 6.07) is 4.52. The molecule has 4 rings (SSSR count). The Bertz CT molecular complexity index is 823. The molecular weight excluding hydrogens is 318 g/mol. The van der Waals surface area contributed by atoms with Gasteiger partial charge in [0.15, 0.2) is 0 Å². The van der Waals surface area contributed by atoms with E-state index in [4.69, 9.17) is 0 Å². The number of fused-ring (bicyclic) bond motifs is 3. The SMILES string of the molecule is Cn1c(C23CCN(CC2)C3)c(C(=O)O)c2cc(OC(F)F)ccc21. The maximum absolute atomic E-state index is 12.5. The molecule has 0 amide bonds. The number of carboxylic acids is 1. The molecule has 1 N–H and O–H groups in total. The highest BCUT2D eigenvalue weighted by Gasteiger charge is 2.48. The van der Waals surface area contributed by atoms with Crippen LogP contribution in [0.25, 0.3) is 10.9 Å². The summed E-state index contributed by atoms with van der Waals surface area (Å²) >= 11 is 0. The van der Waals surface area contributed by atoms with Gasteiger partial charge in [-0.1, -0.05) is 0 Å². The molecule has 128 valence electrons. The average molecular weight is 336 g/mol. The van der Waals surface area contributed by atoms with Crippen LogP contribution in [0.1, 0.15) is 28.9 Å². The third kappa shape index (κ3) is 2.11. The van der Waals surface area contributed by atoms with E-state index in [0.29, 0.717) is 5.39 Å². The van der Waals surface area contributed by atoms with Crippen LogP contribution in [0, 0.1) is 0 Å². The maximum atomic E-state index is 12.5. The number of alkyl halides is 2. The summed E-state index contributed by atoms with van der Waals surface area (Å²) in [6.07, 6.45) is 1.86. The van der Waals surface area contributed by atoms with Crippen LogP contribution in [0.2, 0.25) is 0 Å². The van der Waals surface area contributed by atoms with Crippen LogP contribution in [0.4, 0.5) is 8.78 Å². The zero-order valence-corrected chi connectivity index (χ0v) is 13.3. The molecule has 24 heavy (non-hydrogen) atoms. The number of carboxylic acid groups (broad SMARTS) is 1. The first kappa shape index (κ1) is 15.4. The van der Waals surface area contributed by atoms with Gasteiger partial charge in [-0.15, -0.1) is 0 Å². The average Bonchev–Trinajstić information content (AvgIpc) is 3.18. The number of ether oxygens (including phenoxy) is 1. The van der Waals surface area contributed by atoms with Gasteiger partial charge in [0.1, 0.15) is 5.75 Å². The van der Waals surface area contributed by atoms with Crippen LogP contribution >= 0.6 is 0 Å². The van der Waals surface area contributed by atoms with Crippen LogP contribution in [-0.4, -0.2) is 46.8 Å². The number of hydrogen-bond donors (Lipinski definition) is 1. The van der Waals surface area contributed by atoms with Crippen molar-refractivity contribution in [1.82, 2.24) is 9.47 Å². The summed E-state index contributed by atoms with van der Waals surface area (Å²) in [7, 11) is 1.85. The largest absolute Gasteiger partial charge is 0.478 e. The van der Waals surface area contributed by atoms with E-state index in [2.05, 4.69) is 9.64 Å². The van der Waals surface area contributed by atoms with Crippen LogP contribution in [0.5, 0.6) is 5.75 Å². The Morgan fingerprint density at radius 1 is 1.33 bits per heavy atom. The fourth-order valence-corrected chi connectivity index (χ4v) is 4.47. The third-order valence-electron chi connectivity index (χ3n) is 5.45. The molecule has 0 atom stereocenters. The summed E-state index contributed by atoms with van der Waals surface area (Å²) in [6.45, 7) is -0.130. The van der Waals surface area contributed by atoms with Gasteiger partial charge in [0.2, 0.25) is 0 Å². The molecule has 0 unspecified atom stereocenters. The van der Waals surface area contributed by atoms with Crippen LogP contribution < -0.4 is 4.74 Å². The van der Waals surface area contributed by atoms with Crippen molar-refractivity contribution in [3.8, 4) is 5.75 Å². The molecule has 0 saturated carbocycles. The van der Waals surface area contributed by atoms with Crippen molar-refractivity contribution in [3.63, 3.8) is 0 Å². The molecule has 1 aromatic carbocycles. The second-order valence-corrected chi connectivity index (χ2v) is 6.70. The molecule has 0 aliphatic carbocycles. The predicted octanol–water partition coefficient (Wildman–Crippen LogP) is 2.83. The van der Waals surface area contributed by atoms with Crippen molar-refractivity contribution < 1.29 is 23.4 Å². The van der Waals surface area contributed by atoms with Gasteiger partial charge in [0.25, 0.3) is 0 Å². The monoisotopic (exact) mass is 336 g/mol. The summed E-state index contributed by atoms with van der Waals surface area (Å²) in [5.74, 6) is -1.04. The van der Waals surface area contributed by atoms with Gasteiger partial charge in [0, 0.05) is 35.6 Å². The van der Waals surface area contributed by atoms with E-state index in [1.54, 1.807) is 6.07 Å². The van der Waals surface area contributed by atoms with E-state index in [-0.39, 0.29) is 16.7 Å². The lowest BCUT2D eigenvalue weighted by Gasteiger charge is -2.27. The molecule has 2 saturated heterocycles. The normalized spacial score (nSPS) is 25.8. The third-order valence-corrected chi connectivity index (χ3v) is 5.45. The standard InChI is InChI=1S/C17H18F2N2O3/c1-20-12-3-2-10(24-16(18)19)8-11(12)13(15(22)23)14(20)17-4-6-21(9-17)7-5-17/h2-3,8,16H,4-7,9H2,1H3,(H,22,23). The Labute approximate surface area is 137 Å². The van der Waals surface area contributed by atoms with Gasteiger partial charge in [-0.2, -0.15) is 8.78 Å². The van der Waals surface area contributed by atoms with Crippen LogP contribution in [0.3, 0.4) is 0 Å². The van der Waals surface area contributed by atoms with Crippen molar-refractivity contribution in [2.24, 2.45) is 7.05 Å². The van der Waals surface area contributed by atoms with Gasteiger partial charge in [-0.25, -0.2) is 4.79 Å². The summed E-state index contributed by atoms with van der Waals surface area (Å²) < 4.78 is 31.3. The minimum atomic E-state index is -2.93. The molecule has 2 aliphatic rings. The highest BCUT2D eigenvalue weighted by Crippen LogP contribution is 2.47. The topological polar surface area (TPSA) is 54.7 Å². The zero-order valence-electron chi connectivity index (χ0n) is 13.3. The minimum absolute atomic E-state index is 0.0193. The first-order valence-corrected chi connectivity index (χ1v) is 7.95. The number of hydrogen-bond acceptors (Lipinski definition) is 3. The Hall–Kier alpha value is -2.15.